The van der Waals surface area contributed by atoms with E-state index in [1.54, 1.807) is 12.4 Å². The number of aromatic nitrogens is 3. The van der Waals surface area contributed by atoms with Crippen LogP contribution in [0.3, 0.4) is 0 Å². The van der Waals surface area contributed by atoms with Crippen molar-refractivity contribution in [3.8, 4) is 11.4 Å². The quantitative estimate of drug-likeness (QED) is 0.788. The number of hydrogen-bond donors (Lipinski definition) is 0. The van der Waals surface area contributed by atoms with E-state index in [0.29, 0.717) is 5.92 Å². The molecule has 0 unspecified atom stereocenters. The first kappa shape index (κ1) is 13.3. The molecule has 3 heteroatoms. The third kappa shape index (κ3) is 3.63. The number of nitrogens with zero attached hydrogens (tertiary/aromatic N) is 3. The standard InChI is InChI=1S/C12H13N3.C2H6/c1-9(2)11-7-14-12(15-8-11)10-4-3-5-13-6-10;1-2/h3-9H,1-2H3;1-2H3. The van der Waals surface area contributed by atoms with E-state index in [2.05, 4.69) is 28.8 Å². The Labute approximate surface area is 103 Å². The summed E-state index contributed by atoms with van der Waals surface area (Å²) in [6, 6.07) is 3.84. The average molecular weight is 229 g/mol. The molecule has 0 N–H and O–H groups in total. The molecule has 2 aromatic rings. The lowest BCUT2D eigenvalue weighted by Crippen LogP contribution is -1.94. The molecule has 0 aliphatic rings. The zero-order chi connectivity index (χ0) is 12.7. The molecule has 0 aliphatic carbocycles. The Balaban J connectivity index is 0.000000686. The van der Waals surface area contributed by atoms with Crippen LogP contribution in [0.4, 0.5) is 0 Å². The fourth-order valence-corrected chi connectivity index (χ4v) is 1.28. The van der Waals surface area contributed by atoms with E-state index >= 15 is 0 Å². The smallest absolute Gasteiger partial charge is 0.160 e. The Morgan fingerprint density at radius 1 is 1.00 bits per heavy atom. The fraction of sp³-hybridized carbons (Fsp3) is 0.357. The van der Waals surface area contributed by atoms with Crippen LogP contribution in [0.2, 0.25) is 0 Å². The molecule has 0 atom stereocenters. The molecule has 0 fully saturated rings. The van der Waals surface area contributed by atoms with Gasteiger partial charge in [0.2, 0.25) is 0 Å². The number of pyridine rings is 1. The minimum Gasteiger partial charge on any atom is -0.264 e. The van der Waals surface area contributed by atoms with Crippen molar-refractivity contribution in [2.24, 2.45) is 0 Å². The second kappa shape index (κ2) is 6.74. The molecule has 0 aromatic carbocycles. The van der Waals surface area contributed by atoms with Gasteiger partial charge in [0.15, 0.2) is 5.82 Å². The van der Waals surface area contributed by atoms with Crippen molar-refractivity contribution in [1.29, 1.82) is 0 Å². The van der Waals surface area contributed by atoms with E-state index in [4.69, 9.17) is 0 Å². The van der Waals surface area contributed by atoms with Crippen LogP contribution < -0.4 is 0 Å². The zero-order valence-electron chi connectivity index (χ0n) is 10.9. The lowest BCUT2D eigenvalue weighted by Gasteiger charge is -2.04. The van der Waals surface area contributed by atoms with E-state index in [1.807, 2.05) is 38.4 Å². The van der Waals surface area contributed by atoms with Gasteiger partial charge in [-0.15, -0.1) is 0 Å². The van der Waals surface area contributed by atoms with E-state index in [1.165, 1.54) is 0 Å². The Bertz CT molecular complexity index is 421. The van der Waals surface area contributed by atoms with Gasteiger partial charge in [-0.3, -0.25) is 4.98 Å². The fourth-order valence-electron chi connectivity index (χ4n) is 1.28. The second-order valence-corrected chi connectivity index (χ2v) is 3.74. The molecule has 0 amide bonds. The van der Waals surface area contributed by atoms with Gasteiger partial charge in [-0.2, -0.15) is 0 Å². The van der Waals surface area contributed by atoms with Gasteiger partial charge in [0.05, 0.1) is 0 Å². The summed E-state index contributed by atoms with van der Waals surface area (Å²) >= 11 is 0. The lowest BCUT2D eigenvalue weighted by atomic mass is 10.1. The summed E-state index contributed by atoms with van der Waals surface area (Å²) in [6.45, 7) is 8.25. The first-order valence-electron chi connectivity index (χ1n) is 5.99. The summed E-state index contributed by atoms with van der Waals surface area (Å²) in [6.07, 6.45) is 7.26. The van der Waals surface area contributed by atoms with Gasteiger partial charge in [0.1, 0.15) is 0 Å². The van der Waals surface area contributed by atoms with Crippen molar-refractivity contribution < 1.29 is 0 Å². The lowest BCUT2D eigenvalue weighted by molar-refractivity contribution is 0.847. The van der Waals surface area contributed by atoms with Crippen molar-refractivity contribution >= 4 is 0 Å². The molecule has 0 bridgehead atoms. The first-order chi connectivity index (χ1) is 8.27. The van der Waals surface area contributed by atoms with Crippen molar-refractivity contribution in [3.63, 3.8) is 0 Å². The minimum atomic E-state index is 0.466. The van der Waals surface area contributed by atoms with Crippen molar-refractivity contribution in [2.45, 2.75) is 33.6 Å². The van der Waals surface area contributed by atoms with E-state index < -0.39 is 0 Å². The monoisotopic (exact) mass is 229 g/mol. The van der Waals surface area contributed by atoms with Crippen LogP contribution in [0.15, 0.2) is 36.9 Å². The van der Waals surface area contributed by atoms with E-state index in [9.17, 15) is 0 Å². The summed E-state index contributed by atoms with van der Waals surface area (Å²) in [4.78, 5) is 12.7. The van der Waals surface area contributed by atoms with Crippen molar-refractivity contribution in [2.75, 3.05) is 0 Å². The van der Waals surface area contributed by atoms with Crippen molar-refractivity contribution in [3.05, 3.63) is 42.5 Å². The van der Waals surface area contributed by atoms with Crippen LogP contribution in [-0.2, 0) is 0 Å². The molecule has 90 valence electrons. The maximum atomic E-state index is 4.32. The van der Waals surface area contributed by atoms with Gasteiger partial charge < -0.3 is 0 Å². The number of rotatable bonds is 2. The maximum Gasteiger partial charge on any atom is 0.160 e. The van der Waals surface area contributed by atoms with Crippen LogP contribution >= 0.6 is 0 Å². The summed E-state index contributed by atoms with van der Waals surface area (Å²) in [5.74, 6) is 1.19. The van der Waals surface area contributed by atoms with E-state index in [0.717, 1.165) is 17.0 Å². The summed E-state index contributed by atoms with van der Waals surface area (Å²) in [7, 11) is 0. The molecule has 0 aliphatic heterocycles. The van der Waals surface area contributed by atoms with Gasteiger partial charge in [-0.05, 0) is 23.6 Å². The third-order valence-electron chi connectivity index (χ3n) is 2.26. The van der Waals surface area contributed by atoms with Gasteiger partial charge in [0, 0.05) is 30.4 Å². The molecular weight excluding hydrogens is 210 g/mol. The Morgan fingerprint density at radius 3 is 2.12 bits per heavy atom. The molecule has 0 radical (unpaired) electrons. The highest BCUT2D eigenvalue weighted by atomic mass is 14.9. The molecule has 0 saturated heterocycles. The Kier molecular flexibility index (Phi) is 5.27. The Hall–Kier alpha value is -1.77. The highest BCUT2D eigenvalue weighted by Gasteiger charge is 2.03. The topological polar surface area (TPSA) is 38.7 Å². The minimum absolute atomic E-state index is 0.466. The molecule has 2 heterocycles. The highest BCUT2D eigenvalue weighted by molar-refractivity contribution is 5.52. The van der Waals surface area contributed by atoms with Crippen LogP contribution in [0.5, 0.6) is 0 Å². The van der Waals surface area contributed by atoms with Gasteiger partial charge >= 0.3 is 0 Å². The van der Waals surface area contributed by atoms with E-state index in [-0.39, 0.29) is 0 Å². The van der Waals surface area contributed by atoms with Crippen LogP contribution in [0.1, 0.15) is 39.2 Å². The molecule has 2 aromatic heterocycles. The predicted octanol–water partition coefficient (Wildman–Crippen LogP) is 3.69. The predicted molar refractivity (Wildman–Crippen MR) is 70.7 cm³/mol. The maximum absolute atomic E-state index is 4.32. The molecule has 17 heavy (non-hydrogen) atoms. The SMILES string of the molecule is CC.CC(C)c1cnc(-c2cccnc2)nc1. The zero-order valence-corrected chi connectivity index (χ0v) is 10.9. The Morgan fingerprint density at radius 2 is 1.65 bits per heavy atom. The highest BCUT2D eigenvalue weighted by Crippen LogP contribution is 2.15. The molecule has 0 spiro atoms. The molecule has 0 saturated carbocycles. The number of hydrogen-bond acceptors (Lipinski definition) is 3. The largest absolute Gasteiger partial charge is 0.264 e. The average Bonchev–Trinajstić information content (AvgIpc) is 2.42. The van der Waals surface area contributed by atoms with Gasteiger partial charge in [-0.1, -0.05) is 27.7 Å². The molecule has 2 rings (SSSR count). The molecule has 3 nitrogen and oxygen atoms in total. The van der Waals surface area contributed by atoms with Gasteiger partial charge in [-0.25, -0.2) is 9.97 Å². The van der Waals surface area contributed by atoms with Crippen LogP contribution in [-0.4, -0.2) is 15.0 Å². The van der Waals surface area contributed by atoms with Gasteiger partial charge in [0.25, 0.3) is 0 Å². The second-order valence-electron chi connectivity index (χ2n) is 3.74. The third-order valence-corrected chi connectivity index (χ3v) is 2.26. The van der Waals surface area contributed by atoms with Crippen LogP contribution in [0.25, 0.3) is 11.4 Å². The van der Waals surface area contributed by atoms with Crippen LogP contribution in [0, 0.1) is 0 Å². The normalized spacial score (nSPS) is 9.71. The first-order valence-corrected chi connectivity index (χ1v) is 5.99. The molecular formula is C14H19N3. The summed E-state index contributed by atoms with van der Waals surface area (Å²) < 4.78 is 0. The summed E-state index contributed by atoms with van der Waals surface area (Å²) in [5, 5.41) is 0. The summed E-state index contributed by atoms with van der Waals surface area (Å²) in [5.41, 5.74) is 2.11. The van der Waals surface area contributed by atoms with Crippen molar-refractivity contribution in [1.82, 2.24) is 15.0 Å².